The van der Waals surface area contributed by atoms with Crippen LogP contribution in [0.25, 0.3) is 0 Å². The van der Waals surface area contributed by atoms with Crippen LogP contribution in [0, 0.1) is 23.7 Å². The van der Waals surface area contributed by atoms with Crippen molar-refractivity contribution in [3.8, 4) is 23.7 Å². The Labute approximate surface area is 204 Å². The standard InChI is InChI=1S/C29H50N2O2/c1-3-4-5-6-7-8-9-10-11-12-13-14-15-16-17-18-19-20-21-22-23-24-25-29(33)31-27-26-30-28(2)32/h3-13,18-27H2,1-2H3,(H,30,32)(H,31,33). The number of rotatable bonds is 21. The average molecular weight is 459 g/mol. The Morgan fingerprint density at radius 2 is 1.00 bits per heavy atom. The van der Waals surface area contributed by atoms with Crippen molar-refractivity contribution in [1.29, 1.82) is 0 Å². The zero-order chi connectivity index (χ0) is 24.2. The summed E-state index contributed by atoms with van der Waals surface area (Å²) in [5.41, 5.74) is 0. The van der Waals surface area contributed by atoms with Crippen LogP contribution in [0.1, 0.15) is 136 Å². The summed E-state index contributed by atoms with van der Waals surface area (Å²) in [4.78, 5) is 22.4. The molecule has 0 aliphatic heterocycles. The molecule has 2 amide bonds. The number of carbonyl (C=O) groups excluding carboxylic acids is 2. The third-order valence-corrected chi connectivity index (χ3v) is 5.67. The van der Waals surface area contributed by atoms with Gasteiger partial charge in [-0.25, -0.2) is 0 Å². The Morgan fingerprint density at radius 1 is 0.576 bits per heavy atom. The van der Waals surface area contributed by atoms with E-state index in [4.69, 9.17) is 0 Å². The molecule has 0 saturated heterocycles. The van der Waals surface area contributed by atoms with Crippen LogP contribution < -0.4 is 10.6 Å². The largest absolute Gasteiger partial charge is 0.355 e. The van der Waals surface area contributed by atoms with E-state index in [9.17, 15) is 9.59 Å². The molecule has 0 bridgehead atoms. The average Bonchev–Trinajstić information content (AvgIpc) is 2.80. The fourth-order valence-electron chi connectivity index (χ4n) is 3.65. The van der Waals surface area contributed by atoms with Crippen molar-refractivity contribution in [2.75, 3.05) is 13.1 Å². The molecule has 0 aliphatic carbocycles. The highest BCUT2D eigenvalue weighted by Crippen LogP contribution is 2.11. The maximum Gasteiger partial charge on any atom is 0.220 e. The van der Waals surface area contributed by atoms with Gasteiger partial charge in [-0.2, -0.15) is 0 Å². The highest BCUT2D eigenvalue weighted by molar-refractivity contribution is 5.76. The molecule has 188 valence electrons. The van der Waals surface area contributed by atoms with Crippen molar-refractivity contribution in [2.24, 2.45) is 0 Å². The van der Waals surface area contributed by atoms with E-state index in [1.165, 1.54) is 90.4 Å². The number of carbonyl (C=O) groups is 2. The van der Waals surface area contributed by atoms with Gasteiger partial charge in [-0.3, -0.25) is 9.59 Å². The number of amides is 2. The van der Waals surface area contributed by atoms with E-state index in [0.29, 0.717) is 19.5 Å². The van der Waals surface area contributed by atoms with E-state index in [2.05, 4.69) is 41.2 Å². The molecular weight excluding hydrogens is 408 g/mol. The molecule has 0 aliphatic rings. The molecule has 4 heteroatoms. The van der Waals surface area contributed by atoms with Crippen LogP contribution in [0.2, 0.25) is 0 Å². The lowest BCUT2D eigenvalue weighted by molar-refractivity contribution is -0.122. The van der Waals surface area contributed by atoms with Gasteiger partial charge in [0.05, 0.1) is 0 Å². The van der Waals surface area contributed by atoms with Crippen LogP contribution in [-0.2, 0) is 9.59 Å². The van der Waals surface area contributed by atoms with Gasteiger partial charge >= 0.3 is 0 Å². The lowest BCUT2D eigenvalue weighted by Gasteiger charge is -2.05. The van der Waals surface area contributed by atoms with E-state index >= 15 is 0 Å². The minimum atomic E-state index is -0.0669. The quantitative estimate of drug-likeness (QED) is 0.149. The van der Waals surface area contributed by atoms with Crippen molar-refractivity contribution in [2.45, 2.75) is 136 Å². The predicted octanol–water partition coefficient (Wildman–Crippen LogP) is 6.68. The summed E-state index contributed by atoms with van der Waals surface area (Å²) in [5, 5.41) is 5.49. The third kappa shape index (κ3) is 28.0. The van der Waals surface area contributed by atoms with Crippen LogP contribution in [0.4, 0.5) is 0 Å². The van der Waals surface area contributed by atoms with Crippen LogP contribution in [0.3, 0.4) is 0 Å². The fourth-order valence-corrected chi connectivity index (χ4v) is 3.65. The maximum absolute atomic E-state index is 11.6. The second-order valence-electron chi connectivity index (χ2n) is 8.99. The SMILES string of the molecule is CCCCCCCCCCCCC#CC#CCCCCCCCCC(=O)NCCNC(C)=O. The van der Waals surface area contributed by atoms with Crippen molar-refractivity contribution < 1.29 is 9.59 Å². The van der Waals surface area contributed by atoms with Crippen LogP contribution in [0.15, 0.2) is 0 Å². The molecule has 0 saturated carbocycles. The molecule has 33 heavy (non-hydrogen) atoms. The van der Waals surface area contributed by atoms with E-state index in [1.54, 1.807) is 0 Å². The smallest absolute Gasteiger partial charge is 0.220 e. The summed E-state index contributed by atoms with van der Waals surface area (Å²) in [6, 6.07) is 0. The summed E-state index contributed by atoms with van der Waals surface area (Å²) in [6.07, 6.45) is 22.9. The van der Waals surface area contributed by atoms with Gasteiger partial charge < -0.3 is 10.6 Å². The minimum absolute atomic E-state index is 0.0669. The summed E-state index contributed by atoms with van der Waals surface area (Å²) < 4.78 is 0. The molecule has 0 aromatic heterocycles. The van der Waals surface area contributed by atoms with Crippen LogP contribution in [0.5, 0.6) is 0 Å². The van der Waals surface area contributed by atoms with Gasteiger partial charge in [0.25, 0.3) is 0 Å². The molecule has 0 spiro atoms. The number of hydrogen-bond acceptors (Lipinski definition) is 2. The normalized spacial score (nSPS) is 10.0. The highest BCUT2D eigenvalue weighted by Gasteiger charge is 2.00. The van der Waals surface area contributed by atoms with E-state index in [0.717, 1.165) is 32.1 Å². The zero-order valence-corrected chi connectivity index (χ0v) is 21.7. The van der Waals surface area contributed by atoms with E-state index < -0.39 is 0 Å². The van der Waals surface area contributed by atoms with Crippen molar-refractivity contribution in [1.82, 2.24) is 10.6 Å². The zero-order valence-electron chi connectivity index (χ0n) is 21.7. The Bertz CT molecular complexity index is 592. The molecular formula is C29H50N2O2. The number of nitrogens with one attached hydrogen (secondary N) is 2. The number of unbranched alkanes of at least 4 members (excludes halogenated alkanes) is 16. The van der Waals surface area contributed by atoms with Crippen molar-refractivity contribution in [3.63, 3.8) is 0 Å². The molecule has 0 unspecified atom stereocenters. The van der Waals surface area contributed by atoms with Gasteiger partial charge in [-0.05, 0) is 31.1 Å². The van der Waals surface area contributed by atoms with Crippen LogP contribution in [-0.4, -0.2) is 24.9 Å². The Kier molecular flexibility index (Phi) is 24.8. The van der Waals surface area contributed by atoms with Crippen molar-refractivity contribution >= 4 is 11.8 Å². The second-order valence-corrected chi connectivity index (χ2v) is 8.99. The molecule has 0 aromatic carbocycles. The predicted molar refractivity (Wildman–Crippen MR) is 141 cm³/mol. The van der Waals surface area contributed by atoms with Crippen molar-refractivity contribution in [3.05, 3.63) is 0 Å². The summed E-state index contributed by atoms with van der Waals surface area (Å²) in [6.45, 7) is 4.74. The van der Waals surface area contributed by atoms with Gasteiger partial charge in [0, 0.05) is 39.3 Å². The molecule has 0 aromatic rings. The van der Waals surface area contributed by atoms with Gasteiger partial charge in [0.15, 0.2) is 0 Å². The molecule has 4 nitrogen and oxygen atoms in total. The van der Waals surface area contributed by atoms with Gasteiger partial charge in [-0.1, -0.05) is 102 Å². The third-order valence-electron chi connectivity index (χ3n) is 5.67. The van der Waals surface area contributed by atoms with Gasteiger partial charge in [0.1, 0.15) is 0 Å². The fraction of sp³-hybridized carbons (Fsp3) is 0.793. The molecule has 0 heterocycles. The van der Waals surface area contributed by atoms with Gasteiger partial charge in [0.2, 0.25) is 11.8 Å². The Balaban J connectivity index is 3.32. The maximum atomic E-state index is 11.6. The van der Waals surface area contributed by atoms with E-state index in [1.807, 2.05) is 0 Å². The molecule has 0 atom stereocenters. The topological polar surface area (TPSA) is 58.2 Å². The van der Waals surface area contributed by atoms with Crippen LogP contribution >= 0.6 is 0 Å². The van der Waals surface area contributed by atoms with Gasteiger partial charge in [-0.15, -0.1) is 0 Å². The monoisotopic (exact) mass is 458 g/mol. The molecule has 0 rings (SSSR count). The first-order valence-electron chi connectivity index (χ1n) is 13.6. The highest BCUT2D eigenvalue weighted by atomic mass is 16.2. The van der Waals surface area contributed by atoms with E-state index in [-0.39, 0.29) is 11.8 Å². The summed E-state index contributed by atoms with van der Waals surface area (Å²) in [7, 11) is 0. The Morgan fingerprint density at radius 3 is 1.48 bits per heavy atom. The Hall–Kier alpha value is -1.94. The molecule has 0 fully saturated rings. The first kappa shape index (κ1) is 31.1. The first-order valence-corrected chi connectivity index (χ1v) is 13.6. The lowest BCUT2D eigenvalue weighted by Crippen LogP contribution is -2.33. The minimum Gasteiger partial charge on any atom is -0.355 e. The summed E-state index contributed by atoms with van der Waals surface area (Å²) in [5.74, 6) is 12.4. The lowest BCUT2D eigenvalue weighted by atomic mass is 10.1. The molecule has 0 radical (unpaired) electrons. The molecule has 2 N–H and O–H groups in total. The first-order chi connectivity index (χ1) is 16.2. The summed E-state index contributed by atoms with van der Waals surface area (Å²) >= 11 is 0. The number of hydrogen-bond donors (Lipinski definition) is 2. The second kappa shape index (κ2) is 26.3.